The van der Waals surface area contributed by atoms with Gasteiger partial charge in [0.2, 0.25) is 5.91 Å². The number of amides is 1. The molecule has 29 heavy (non-hydrogen) atoms. The van der Waals surface area contributed by atoms with Crippen molar-refractivity contribution >= 4 is 5.91 Å². The number of ether oxygens (including phenoxy) is 2. The van der Waals surface area contributed by atoms with Gasteiger partial charge in [0.05, 0.1) is 6.54 Å². The van der Waals surface area contributed by atoms with Crippen LogP contribution < -0.4 is 14.8 Å². The van der Waals surface area contributed by atoms with E-state index in [1.54, 1.807) is 0 Å². The maximum atomic E-state index is 12.7. The van der Waals surface area contributed by atoms with Crippen molar-refractivity contribution in [1.82, 2.24) is 25.0 Å². The smallest absolute Gasteiger partial charge is 0.222 e. The van der Waals surface area contributed by atoms with Crippen molar-refractivity contribution in [3.05, 3.63) is 35.4 Å². The largest absolute Gasteiger partial charge is 0.486 e. The first-order valence-electron chi connectivity index (χ1n) is 10.6. The summed E-state index contributed by atoms with van der Waals surface area (Å²) < 4.78 is 13.5. The Labute approximate surface area is 170 Å². The SMILES string of the molecule is O=C(CCc1ccc2c(c1)OCCO2)N1CCC(c2nnc3n2CCNC3)CC1. The first-order valence-corrected chi connectivity index (χ1v) is 10.6. The highest BCUT2D eigenvalue weighted by molar-refractivity contribution is 5.76. The van der Waals surface area contributed by atoms with E-state index in [-0.39, 0.29) is 5.91 Å². The molecule has 4 heterocycles. The molecule has 154 valence electrons. The third-order valence-electron chi connectivity index (χ3n) is 6.10. The molecule has 1 N–H and O–H groups in total. The third-order valence-corrected chi connectivity index (χ3v) is 6.10. The molecule has 0 saturated carbocycles. The lowest BCUT2D eigenvalue weighted by molar-refractivity contribution is -0.132. The number of hydrogen-bond acceptors (Lipinski definition) is 6. The van der Waals surface area contributed by atoms with E-state index in [2.05, 4.69) is 20.1 Å². The van der Waals surface area contributed by atoms with Gasteiger partial charge in [0.15, 0.2) is 11.5 Å². The number of likely N-dealkylation sites (tertiary alicyclic amines) is 1. The molecule has 8 nitrogen and oxygen atoms in total. The van der Waals surface area contributed by atoms with Crippen LogP contribution in [0.25, 0.3) is 0 Å². The number of carbonyl (C=O) groups is 1. The van der Waals surface area contributed by atoms with Crippen LogP contribution in [-0.2, 0) is 24.3 Å². The molecule has 8 heteroatoms. The Balaban J connectivity index is 1.14. The molecule has 3 aliphatic heterocycles. The predicted octanol–water partition coefficient (Wildman–Crippen LogP) is 1.49. The summed E-state index contributed by atoms with van der Waals surface area (Å²) in [6.07, 6.45) is 3.17. The van der Waals surface area contributed by atoms with E-state index in [0.717, 1.165) is 80.7 Å². The average Bonchev–Trinajstić information content (AvgIpc) is 3.21. The summed E-state index contributed by atoms with van der Waals surface area (Å²) in [5.41, 5.74) is 1.11. The molecule has 0 unspecified atom stereocenters. The zero-order valence-electron chi connectivity index (χ0n) is 16.6. The highest BCUT2D eigenvalue weighted by Gasteiger charge is 2.28. The molecule has 0 radical (unpaired) electrons. The Bertz CT molecular complexity index is 888. The van der Waals surface area contributed by atoms with Crippen LogP contribution in [0.4, 0.5) is 0 Å². The molecule has 3 aliphatic rings. The highest BCUT2D eigenvalue weighted by Crippen LogP contribution is 2.31. The number of piperidine rings is 1. The Kier molecular flexibility index (Phi) is 5.10. The number of hydrogen-bond donors (Lipinski definition) is 1. The van der Waals surface area contributed by atoms with Gasteiger partial charge in [0.1, 0.15) is 24.9 Å². The number of nitrogens with zero attached hydrogens (tertiary/aromatic N) is 4. The molecule has 1 aromatic carbocycles. The van der Waals surface area contributed by atoms with E-state index >= 15 is 0 Å². The van der Waals surface area contributed by atoms with Crippen LogP contribution in [0.2, 0.25) is 0 Å². The predicted molar refractivity (Wildman–Crippen MR) is 106 cm³/mol. The lowest BCUT2D eigenvalue weighted by Gasteiger charge is -2.32. The molecule has 1 fully saturated rings. The van der Waals surface area contributed by atoms with Crippen molar-refractivity contribution in [2.45, 2.75) is 44.7 Å². The molecule has 0 bridgehead atoms. The summed E-state index contributed by atoms with van der Waals surface area (Å²) in [7, 11) is 0. The van der Waals surface area contributed by atoms with Gasteiger partial charge in [-0.2, -0.15) is 0 Å². The number of nitrogens with one attached hydrogen (secondary N) is 1. The monoisotopic (exact) mass is 397 g/mol. The lowest BCUT2D eigenvalue weighted by Crippen LogP contribution is -2.39. The second-order valence-electron chi connectivity index (χ2n) is 7.94. The topological polar surface area (TPSA) is 81.5 Å². The van der Waals surface area contributed by atoms with E-state index < -0.39 is 0 Å². The van der Waals surface area contributed by atoms with Crippen LogP contribution >= 0.6 is 0 Å². The van der Waals surface area contributed by atoms with Crippen LogP contribution in [0.15, 0.2) is 18.2 Å². The Morgan fingerprint density at radius 3 is 2.79 bits per heavy atom. The zero-order valence-corrected chi connectivity index (χ0v) is 16.6. The van der Waals surface area contributed by atoms with Gasteiger partial charge in [-0.3, -0.25) is 4.79 Å². The third kappa shape index (κ3) is 3.81. The fraction of sp³-hybridized carbons (Fsp3) is 0.571. The molecule has 0 aliphatic carbocycles. The number of aromatic nitrogens is 3. The molecule has 1 aromatic heterocycles. The maximum absolute atomic E-state index is 12.7. The van der Waals surface area contributed by atoms with Crippen molar-refractivity contribution < 1.29 is 14.3 Å². The van der Waals surface area contributed by atoms with Crippen LogP contribution in [-0.4, -0.2) is 58.4 Å². The minimum Gasteiger partial charge on any atom is -0.486 e. The van der Waals surface area contributed by atoms with Gasteiger partial charge in [0.25, 0.3) is 0 Å². The standard InChI is InChI=1S/C21H27N5O3/c27-20(4-2-15-1-3-17-18(13-15)29-12-11-28-17)25-8-5-16(6-9-25)21-24-23-19-14-22-7-10-26(19)21/h1,3,13,16,22H,2,4-12,14H2. The molecule has 0 spiro atoms. The molecular formula is C21H27N5O3. The number of aryl methyl sites for hydroxylation is 1. The summed E-state index contributed by atoms with van der Waals surface area (Å²) >= 11 is 0. The van der Waals surface area contributed by atoms with E-state index in [9.17, 15) is 4.79 Å². The summed E-state index contributed by atoms with van der Waals surface area (Å²) in [4.78, 5) is 14.7. The van der Waals surface area contributed by atoms with Gasteiger partial charge in [-0.25, -0.2) is 0 Å². The fourth-order valence-corrected chi connectivity index (χ4v) is 4.46. The minimum absolute atomic E-state index is 0.228. The molecule has 1 saturated heterocycles. The van der Waals surface area contributed by atoms with Gasteiger partial charge >= 0.3 is 0 Å². The summed E-state index contributed by atoms with van der Waals surface area (Å²) in [5.74, 6) is 4.34. The first-order chi connectivity index (χ1) is 14.3. The van der Waals surface area contributed by atoms with Crippen molar-refractivity contribution in [2.75, 3.05) is 32.8 Å². The van der Waals surface area contributed by atoms with E-state index in [1.807, 2.05) is 23.1 Å². The minimum atomic E-state index is 0.228. The zero-order chi connectivity index (χ0) is 19.6. The van der Waals surface area contributed by atoms with Crippen molar-refractivity contribution in [3.8, 4) is 11.5 Å². The summed E-state index contributed by atoms with van der Waals surface area (Å²) in [6.45, 7) is 5.47. The molecular weight excluding hydrogens is 370 g/mol. The highest BCUT2D eigenvalue weighted by atomic mass is 16.6. The second-order valence-corrected chi connectivity index (χ2v) is 7.94. The van der Waals surface area contributed by atoms with Crippen LogP contribution in [0.5, 0.6) is 11.5 Å². The normalized spacial score (nSPS) is 19.1. The molecule has 2 aromatic rings. The summed E-state index contributed by atoms with van der Waals surface area (Å²) in [6, 6.07) is 5.96. The van der Waals surface area contributed by atoms with Gasteiger partial charge in [-0.15, -0.1) is 10.2 Å². The van der Waals surface area contributed by atoms with Gasteiger partial charge < -0.3 is 24.3 Å². The maximum Gasteiger partial charge on any atom is 0.222 e. The van der Waals surface area contributed by atoms with Crippen LogP contribution in [0, 0.1) is 0 Å². The Hall–Kier alpha value is -2.61. The lowest BCUT2D eigenvalue weighted by atomic mass is 9.95. The Morgan fingerprint density at radius 1 is 1.10 bits per heavy atom. The van der Waals surface area contributed by atoms with Gasteiger partial charge in [0, 0.05) is 38.5 Å². The van der Waals surface area contributed by atoms with Gasteiger partial charge in [-0.1, -0.05) is 6.07 Å². The summed E-state index contributed by atoms with van der Waals surface area (Å²) in [5, 5.41) is 12.1. The fourth-order valence-electron chi connectivity index (χ4n) is 4.46. The number of benzene rings is 1. The van der Waals surface area contributed by atoms with Crippen LogP contribution in [0.1, 0.15) is 42.4 Å². The molecule has 0 atom stereocenters. The molecule has 1 amide bonds. The second kappa shape index (κ2) is 8.02. The number of fused-ring (bicyclic) bond motifs is 2. The van der Waals surface area contributed by atoms with Crippen molar-refractivity contribution in [2.24, 2.45) is 0 Å². The average molecular weight is 397 g/mol. The van der Waals surface area contributed by atoms with Crippen molar-refractivity contribution in [3.63, 3.8) is 0 Å². The quantitative estimate of drug-likeness (QED) is 0.842. The van der Waals surface area contributed by atoms with E-state index in [1.165, 1.54) is 0 Å². The van der Waals surface area contributed by atoms with Crippen LogP contribution in [0.3, 0.4) is 0 Å². The molecule has 5 rings (SSSR count). The van der Waals surface area contributed by atoms with E-state index in [4.69, 9.17) is 9.47 Å². The van der Waals surface area contributed by atoms with E-state index in [0.29, 0.717) is 25.6 Å². The Morgan fingerprint density at radius 2 is 1.93 bits per heavy atom. The van der Waals surface area contributed by atoms with Crippen molar-refractivity contribution in [1.29, 1.82) is 0 Å². The number of carbonyl (C=O) groups excluding carboxylic acids is 1. The van der Waals surface area contributed by atoms with Gasteiger partial charge in [-0.05, 0) is 37.0 Å². The first kappa shape index (κ1) is 18.4. The number of rotatable bonds is 4.